The summed E-state index contributed by atoms with van der Waals surface area (Å²) < 4.78 is 6.46. The molecule has 1 aromatic carbocycles. The molecule has 1 aromatic heterocycles. The lowest BCUT2D eigenvalue weighted by Gasteiger charge is -2.00. The van der Waals surface area contributed by atoms with Crippen LogP contribution in [0.2, 0.25) is 0 Å². The first-order chi connectivity index (χ1) is 6.76. The SMILES string of the molecule is COc1c(CO)sc2ccc(C)cc12. The molecule has 0 aliphatic carbocycles. The maximum absolute atomic E-state index is 9.15. The van der Waals surface area contributed by atoms with Crippen LogP contribution in [-0.2, 0) is 6.61 Å². The first-order valence-corrected chi connectivity index (χ1v) is 5.24. The second kappa shape index (κ2) is 3.59. The molecule has 3 heteroatoms. The zero-order chi connectivity index (χ0) is 10.1. The van der Waals surface area contributed by atoms with Crippen LogP contribution >= 0.6 is 11.3 Å². The molecule has 1 N–H and O–H groups in total. The average Bonchev–Trinajstić information content (AvgIpc) is 2.54. The van der Waals surface area contributed by atoms with Crippen molar-refractivity contribution in [2.75, 3.05) is 7.11 Å². The van der Waals surface area contributed by atoms with E-state index in [1.165, 1.54) is 5.56 Å². The quantitative estimate of drug-likeness (QED) is 0.822. The van der Waals surface area contributed by atoms with Crippen LogP contribution < -0.4 is 4.74 Å². The largest absolute Gasteiger partial charge is 0.495 e. The van der Waals surface area contributed by atoms with Gasteiger partial charge in [0, 0.05) is 10.1 Å². The topological polar surface area (TPSA) is 29.5 Å². The molecular formula is C11H12O2S. The standard InChI is InChI=1S/C11H12O2S/c1-7-3-4-9-8(5-7)11(13-2)10(6-12)14-9/h3-5,12H,6H2,1-2H3. The van der Waals surface area contributed by atoms with Gasteiger partial charge in [-0.1, -0.05) is 11.6 Å². The highest BCUT2D eigenvalue weighted by atomic mass is 32.1. The maximum atomic E-state index is 9.15. The fraction of sp³-hybridized carbons (Fsp3) is 0.273. The van der Waals surface area contributed by atoms with E-state index >= 15 is 0 Å². The molecule has 0 aliphatic rings. The van der Waals surface area contributed by atoms with E-state index in [0.717, 1.165) is 20.7 Å². The zero-order valence-corrected chi connectivity index (χ0v) is 9.02. The van der Waals surface area contributed by atoms with Crippen LogP contribution in [0.5, 0.6) is 5.75 Å². The minimum absolute atomic E-state index is 0.0432. The molecule has 1 heterocycles. The number of fused-ring (bicyclic) bond motifs is 1. The van der Waals surface area contributed by atoms with Crippen molar-refractivity contribution in [1.82, 2.24) is 0 Å². The molecule has 0 saturated heterocycles. The molecule has 2 aromatic rings. The van der Waals surface area contributed by atoms with Crippen LogP contribution in [0.1, 0.15) is 10.4 Å². The Kier molecular flexibility index (Phi) is 2.44. The highest BCUT2D eigenvalue weighted by Gasteiger charge is 2.11. The third-order valence-corrected chi connectivity index (χ3v) is 3.35. The summed E-state index contributed by atoms with van der Waals surface area (Å²) in [6.45, 7) is 2.09. The Morgan fingerprint density at radius 2 is 2.21 bits per heavy atom. The summed E-state index contributed by atoms with van der Waals surface area (Å²) in [5.41, 5.74) is 1.21. The minimum Gasteiger partial charge on any atom is -0.495 e. The lowest BCUT2D eigenvalue weighted by molar-refractivity contribution is 0.278. The van der Waals surface area contributed by atoms with Gasteiger partial charge in [0.2, 0.25) is 0 Å². The van der Waals surface area contributed by atoms with E-state index in [4.69, 9.17) is 9.84 Å². The van der Waals surface area contributed by atoms with E-state index in [1.54, 1.807) is 18.4 Å². The third kappa shape index (κ3) is 1.38. The smallest absolute Gasteiger partial charge is 0.142 e. The maximum Gasteiger partial charge on any atom is 0.142 e. The fourth-order valence-corrected chi connectivity index (χ4v) is 2.58. The second-order valence-corrected chi connectivity index (χ2v) is 4.35. The molecule has 0 amide bonds. The number of aryl methyl sites for hydroxylation is 1. The number of ether oxygens (including phenoxy) is 1. The van der Waals surface area contributed by atoms with Gasteiger partial charge < -0.3 is 9.84 Å². The predicted octanol–water partition coefficient (Wildman–Crippen LogP) is 2.71. The summed E-state index contributed by atoms with van der Waals surface area (Å²) in [4.78, 5) is 0.896. The number of rotatable bonds is 2. The number of aliphatic hydroxyl groups excluding tert-OH is 1. The fourth-order valence-electron chi connectivity index (χ4n) is 1.57. The van der Waals surface area contributed by atoms with Crippen LogP contribution in [0.4, 0.5) is 0 Å². The van der Waals surface area contributed by atoms with Gasteiger partial charge in [0.15, 0.2) is 0 Å². The van der Waals surface area contributed by atoms with E-state index in [-0.39, 0.29) is 6.61 Å². The van der Waals surface area contributed by atoms with Gasteiger partial charge >= 0.3 is 0 Å². The number of benzene rings is 1. The summed E-state index contributed by atoms with van der Waals surface area (Å²) in [7, 11) is 1.64. The molecule has 2 rings (SSSR count). The van der Waals surface area contributed by atoms with Crippen molar-refractivity contribution in [3.8, 4) is 5.75 Å². The van der Waals surface area contributed by atoms with Gasteiger partial charge in [-0.2, -0.15) is 0 Å². The summed E-state index contributed by atoms with van der Waals surface area (Å²) >= 11 is 1.58. The van der Waals surface area contributed by atoms with Gasteiger partial charge in [-0.25, -0.2) is 0 Å². The van der Waals surface area contributed by atoms with E-state index in [9.17, 15) is 0 Å². The normalized spacial score (nSPS) is 10.8. The summed E-state index contributed by atoms with van der Waals surface area (Å²) in [6.07, 6.45) is 0. The number of methoxy groups -OCH3 is 1. The summed E-state index contributed by atoms with van der Waals surface area (Å²) in [6, 6.07) is 6.22. The van der Waals surface area contributed by atoms with Crippen molar-refractivity contribution >= 4 is 21.4 Å². The Bertz CT molecular complexity index is 460. The molecule has 0 fully saturated rings. The molecule has 0 bridgehead atoms. The Morgan fingerprint density at radius 1 is 1.43 bits per heavy atom. The molecule has 0 unspecified atom stereocenters. The van der Waals surface area contributed by atoms with Crippen LogP contribution in [0.15, 0.2) is 18.2 Å². The first kappa shape index (κ1) is 9.49. The number of hydrogen-bond acceptors (Lipinski definition) is 3. The Balaban J connectivity index is 2.74. The van der Waals surface area contributed by atoms with Crippen molar-refractivity contribution in [3.63, 3.8) is 0 Å². The molecule has 0 aliphatic heterocycles. The number of thiophene rings is 1. The van der Waals surface area contributed by atoms with E-state index in [0.29, 0.717) is 0 Å². The van der Waals surface area contributed by atoms with Gasteiger partial charge in [-0.15, -0.1) is 11.3 Å². The molecular weight excluding hydrogens is 196 g/mol. The van der Waals surface area contributed by atoms with Crippen molar-refractivity contribution in [3.05, 3.63) is 28.6 Å². The van der Waals surface area contributed by atoms with Gasteiger partial charge in [0.25, 0.3) is 0 Å². The van der Waals surface area contributed by atoms with Gasteiger partial charge in [-0.3, -0.25) is 0 Å². The Labute approximate surface area is 86.8 Å². The number of aliphatic hydroxyl groups is 1. The molecule has 14 heavy (non-hydrogen) atoms. The molecule has 0 radical (unpaired) electrons. The molecule has 2 nitrogen and oxygen atoms in total. The van der Waals surface area contributed by atoms with E-state index in [2.05, 4.69) is 25.1 Å². The number of hydrogen-bond donors (Lipinski definition) is 1. The van der Waals surface area contributed by atoms with Crippen LogP contribution in [-0.4, -0.2) is 12.2 Å². The van der Waals surface area contributed by atoms with Crippen molar-refractivity contribution in [2.45, 2.75) is 13.5 Å². The molecule has 0 spiro atoms. The molecule has 0 saturated carbocycles. The van der Waals surface area contributed by atoms with Crippen molar-refractivity contribution in [1.29, 1.82) is 0 Å². The zero-order valence-electron chi connectivity index (χ0n) is 8.20. The Hall–Kier alpha value is -1.06. The highest BCUT2D eigenvalue weighted by molar-refractivity contribution is 7.19. The predicted molar refractivity (Wildman–Crippen MR) is 59.0 cm³/mol. The lowest BCUT2D eigenvalue weighted by atomic mass is 10.2. The van der Waals surface area contributed by atoms with Crippen LogP contribution in [0.25, 0.3) is 10.1 Å². The van der Waals surface area contributed by atoms with Crippen molar-refractivity contribution < 1.29 is 9.84 Å². The molecule has 74 valence electrons. The van der Waals surface area contributed by atoms with E-state index < -0.39 is 0 Å². The van der Waals surface area contributed by atoms with Gasteiger partial charge in [0.05, 0.1) is 18.6 Å². The average molecular weight is 208 g/mol. The lowest BCUT2D eigenvalue weighted by Crippen LogP contribution is -1.86. The summed E-state index contributed by atoms with van der Waals surface area (Å²) in [5.74, 6) is 0.816. The summed E-state index contributed by atoms with van der Waals surface area (Å²) in [5, 5.41) is 10.2. The minimum atomic E-state index is 0.0432. The van der Waals surface area contributed by atoms with Gasteiger partial charge in [-0.05, 0) is 19.1 Å². The molecule has 0 atom stereocenters. The van der Waals surface area contributed by atoms with Crippen molar-refractivity contribution in [2.24, 2.45) is 0 Å². The van der Waals surface area contributed by atoms with E-state index in [1.807, 2.05) is 0 Å². The highest BCUT2D eigenvalue weighted by Crippen LogP contribution is 2.37. The first-order valence-electron chi connectivity index (χ1n) is 4.43. The van der Waals surface area contributed by atoms with Crippen LogP contribution in [0, 0.1) is 6.92 Å². The second-order valence-electron chi connectivity index (χ2n) is 3.22. The van der Waals surface area contributed by atoms with Crippen LogP contribution in [0.3, 0.4) is 0 Å². The monoisotopic (exact) mass is 208 g/mol. The van der Waals surface area contributed by atoms with Gasteiger partial charge in [0.1, 0.15) is 5.75 Å². The Morgan fingerprint density at radius 3 is 2.86 bits per heavy atom. The third-order valence-electron chi connectivity index (χ3n) is 2.21.